The number of aromatic amines is 1. The number of hydrogen-bond acceptors (Lipinski definition) is 2. The van der Waals surface area contributed by atoms with E-state index in [0.717, 1.165) is 33.2 Å². The van der Waals surface area contributed by atoms with Crippen LogP contribution in [-0.4, -0.2) is 4.98 Å². The normalized spacial score (nSPS) is 11.3. The predicted octanol–water partition coefficient (Wildman–Crippen LogP) is 5.15. The van der Waals surface area contributed by atoms with Crippen molar-refractivity contribution in [3.05, 3.63) is 65.5 Å². The van der Waals surface area contributed by atoms with Gasteiger partial charge in [0.2, 0.25) is 0 Å². The van der Waals surface area contributed by atoms with Crippen molar-refractivity contribution >= 4 is 33.5 Å². The topological polar surface area (TPSA) is 38.2 Å². The van der Waals surface area contributed by atoms with Crippen molar-refractivity contribution in [2.45, 2.75) is 6.61 Å². The number of rotatable bonds is 3. The molecule has 0 saturated heterocycles. The first kappa shape index (κ1) is 12.4. The summed E-state index contributed by atoms with van der Waals surface area (Å²) in [4.78, 5) is 3.17. The maximum atomic E-state index is 6.24. The van der Waals surface area contributed by atoms with Crippen molar-refractivity contribution in [1.82, 2.24) is 4.98 Å². The van der Waals surface area contributed by atoms with E-state index < -0.39 is 0 Å². The maximum Gasteiger partial charge on any atom is 0.135 e. The van der Waals surface area contributed by atoms with Gasteiger partial charge >= 0.3 is 0 Å². The summed E-state index contributed by atoms with van der Waals surface area (Å²) >= 11 is 6.24. The molecule has 0 saturated carbocycles. The maximum absolute atomic E-state index is 6.24. The van der Waals surface area contributed by atoms with Gasteiger partial charge in [-0.05, 0) is 30.3 Å². The van der Waals surface area contributed by atoms with Crippen LogP contribution in [-0.2, 0) is 6.61 Å². The van der Waals surface area contributed by atoms with Crippen LogP contribution in [0.3, 0.4) is 0 Å². The van der Waals surface area contributed by atoms with Crippen LogP contribution in [0, 0.1) is 0 Å². The monoisotopic (exact) mass is 297 g/mol. The zero-order valence-corrected chi connectivity index (χ0v) is 11.9. The van der Waals surface area contributed by atoms with Crippen molar-refractivity contribution in [3.8, 4) is 5.75 Å². The second-order valence-electron chi connectivity index (χ2n) is 4.86. The molecule has 0 bridgehead atoms. The summed E-state index contributed by atoms with van der Waals surface area (Å²) in [7, 11) is 0. The molecule has 0 spiro atoms. The number of fused-ring (bicyclic) bond motifs is 2. The largest absolute Gasteiger partial charge is 0.488 e. The van der Waals surface area contributed by atoms with Crippen molar-refractivity contribution < 1.29 is 9.15 Å². The summed E-state index contributed by atoms with van der Waals surface area (Å²) in [6.45, 7) is 0.418. The van der Waals surface area contributed by atoms with E-state index in [2.05, 4.69) is 4.98 Å². The number of hydrogen-bond donors (Lipinski definition) is 1. The third kappa shape index (κ3) is 2.06. The number of furan rings is 1. The third-order valence-electron chi connectivity index (χ3n) is 3.56. The molecule has 4 heteroatoms. The van der Waals surface area contributed by atoms with Gasteiger partial charge in [-0.25, -0.2) is 0 Å². The molecule has 0 fully saturated rings. The minimum Gasteiger partial charge on any atom is -0.488 e. The van der Waals surface area contributed by atoms with Crippen LogP contribution < -0.4 is 4.74 Å². The lowest BCUT2D eigenvalue weighted by molar-refractivity contribution is 0.310. The smallest absolute Gasteiger partial charge is 0.135 e. The van der Waals surface area contributed by atoms with Gasteiger partial charge < -0.3 is 14.1 Å². The van der Waals surface area contributed by atoms with Crippen molar-refractivity contribution in [1.29, 1.82) is 0 Å². The Hall–Kier alpha value is -2.39. The van der Waals surface area contributed by atoms with Crippen molar-refractivity contribution in [2.24, 2.45) is 0 Å². The Kier molecular flexibility index (Phi) is 2.86. The molecular weight excluding hydrogens is 286 g/mol. The van der Waals surface area contributed by atoms with E-state index in [1.54, 1.807) is 6.26 Å². The summed E-state index contributed by atoms with van der Waals surface area (Å²) < 4.78 is 11.5. The van der Waals surface area contributed by atoms with Gasteiger partial charge in [-0.1, -0.05) is 23.7 Å². The van der Waals surface area contributed by atoms with Crippen molar-refractivity contribution in [3.63, 3.8) is 0 Å². The Bertz CT molecular complexity index is 923. The molecule has 0 aliphatic heterocycles. The van der Waals surface area contributed by atoms with Crippen LogP contribution in [0.1, 0.15) is 5.56 Å². The van der Waals surface area contributed by atoms with Gasteiger partial charge in [-0.2, -0.15) is 0 Å². The summed E-state index contributed by atoms with van der Waals surface area (Å²) in [5.41, 5.74) is 2.78. The third-order valence-corrected chi connectivity index (χ3v) is 3.88. The minimum absolute atomic E-state index is 0.418. The second kappa shape index (κ2) is 4.86. The first-order chi connectivity index (χ1) is 10.3. The number of benzene rings is 2. The summed E-state index contributed by atoms with van der Waals surface area (Å²) in [6.07, 6.45) is 3.61. The fourth-order valence-electron chi connectivity index (χ4n) is 2.55. The fourth-order valence-corrected chi connectivity index (χ4v) is 2.84. The average Bonchev–Trinajstić information content (AvgIpc) is 3.12. The quantitative estimate of drug-likeness (QED) is 0.568. The Balaban J connectivity index is 1.68. The van der Waals surface area contributed by atoms with Gasteiger partial charge in [0, 0.05) is 28.0 Å². The van der Waals surface area contributed by atoms with Gasteiger partial charge in [0.15, 0.2) is 0 Å². The van der Waals surface area contributed by atoms with Gasteiger partial charge in [0.25, 0.3) is 0 Å². The number of H-pyrrole nitrogens is 1. The van der Waals surface area contributed by atoms with Crippen LogP contribution in [0.5, 0.6) is 5.75 Å². The highest BCUT2D eigenvalue weighted by molar-refractivity contribution is 6.35. The first-order valence-electron chi connectivity index (χ1n) is 6.66. The molecule has 2 aromatic heterocycles. The van der Waals surface area contributed by atoms with E-state index >= 15 is 0 Å². The van der Waals surface area contributed by atoms with Gasteiger partial charge in [-0.3, -0.25) is 0 Å². The zero-order chi connectivity index (χ0) is 14.2. The van der Waals surface area contributed by atoms with E-state index in [0.29, 0.717) is 11.6 Å². The molecule has 4 rings (SSSR count). The summed E-state index contributed by atoms with van der Waals surface area (Å²) in [5, 5.41) is 2.66. The Labute approximate surface area is 126 Å². The van der Waals surface area contributed by atoms with E-state index in [1.807, 2.05) is 48.7 Å². The van der Waals surface area contributed by atoms with Gasteiger partial charge in [0.1, 0.15) is 17.9 Å². The molecule has 4 aromatic rings. The number of halogens is 1. The second-order valence-corrected chi connectivity index (χ2v) is 5.26. The Morgan fingerprint density at radius 1 is 1.10 bits per heavy atom. The molecule has 0 radical (unpaired) electrons. The molecule has 0 unspecified atom stereocenters. The van der Waals surface area contributed by atoms with Crippen LogP contribution >= 0.6 is 11.6 Å². The van der Waals surface area contributed by atoms with Crippen LogP contribution in [0.4, 0.5) is 0 Å². The molecule has 2 aromatic carbocycles. The standard InChI is InChI=1S/C17H12ClNO2/c18-13-3-1-6-16-17(13)11(10-21-16)9-20-15-5-2-4-14-12(15)7-8-19-14/h1-8,10,19H,9H2. The first-order valence-corrected chi connectivity index (χ1v) is 7.04. The molecule has 21 heavy (non-hydrogen) atoms. The van der Waals surface area contributed by atoms with Gasteiger partial charge in [0.05, 0.1) is 11.3 Å². The van der Waals surface area contributed by atoms with Crippen LogP contribution in [0.15, 0.2) is 59.3 Å². The van der Waals surface area contributed by atoms with E-state index in [-0.39, 0.29) is 0 Å². The highest BCUT2D eigenvalue weighted by atomic mass is 35.5. The van der Waals surface area contributed by atoms with E-state index in [4.69, 9.17) is 20.8 Å². The van der Waals surface area contributed by atoms with Crippen LogP contribution in [0.25, 0.3) is 21.9 Å². The molecule has 1 N–H and O–H groups in total. The Morgan fingerprint density at radius 2 is 2.00 bits per heavy atom. The number of ether oxygens (including phenoxy) is 1. The van der Waals surface area contributed by atoms with Crippen LogP contribution in [0.2, 0.25) is 5.02 Å². The van der Waals surface area contributed by atoms with Crippen molar-refractivity contribution in [2.75, 3.05) is 0 Å². The molecular formula is C17H12ClNO2. The molecule has 0 atom stereocenters. The molecule has 2 heterocycles. The minimum atomic E-state index is 0.418. The highest BCUT2D eigenvalue weighted by Crippen LogP contribution is 2.30. The van der Waals surface area contributed by atoms with Gasteiger partial charge in [-0.15, -0.1) is 0 Å². The highest BCUT2D eigenvalue weighted by Gasteiger charge is 2.10. The SMILES string of the molecule is Clc1cccc2occ(COc3cccc4[nH]ccc34)c12. The summed E-state index contributed by atoms with van der Waals surface area (Å²) in [5.74, 6) is 0.843. The molecule has 0 aliphatic rings. The molecule has 0 amide bonds. The van der Waals surface area contributed by atoms with E-state index in [1.165, 1.54) is 0 Å². The molecule has 0 aliphatic carbocycles. The molecule has 104 valence electrons. The predicted molar refractivity (Wildman–Crippen MR) is 83.9 cm³/mol. The lowest BCUT2D eigenvalue weighted by atomic mass is 10.2. The fraction of sp³-hybridized carbons (Fsp3) is 0.0588. The van der Waals surface area contributed by atoms with E-state index in [9.17, 15) is 0 Å². The lowest BCUT2D eigenvalue weighted by Gasteiger charge is -2.06. The lowest BCUT2D eigenvalue weighted by Crippen LogP contribution is -1.94. The number of nitrogens with one attached hydrogen (secondary N) is 1. The number of aromatic nitrogens is 1. The average molecular weight is 298 g/mol. The molecule has 3 nitrogen and oxygen atoms in total. The zero-order valence-electron chi connectivity index (χ0n) is 11.1. The Morgan fingerprint density at radius 3 is 2.95 bits per heavy atom. The summed E-state index contributed by atoms with van der Waals surface area (Å²) in [6, 6.07) is 13.6.